The van der Waals surface area contributed by atoms with Crippen molar-refractivity contribution in [3.8, 4) is 0 Å². The number of nitrogens with zero attached hydrogens (tertiary/aromatic N) is 1. The van der Waals surface area contributed by atoms with Crippen molar-refractivity contribution in [1.29, 1.82) is 0 Å². The van der Waals surface area contributed by atoms with Gasteiger partial charge in [0.1, 0.15) is 0 Å². The molecule has 0 amide bonds. The molecule has 1 aromatic heterocycles. The largest absolute Gasteiger partial charge is 0.311 e. The Labute approximate surface area is 128 Å². The van der Waals surface area contributed by atoms with E-state index < -0.39 is 0 Å². The van der Waals surface area contributed by atoms with Gasteiger partial charge >= 0.3 is 0 Å². The van der Waals surface area contributed by atoms with E-state index in [1.165, 1.54) is 13.0 Å². The fraction of sp³-hybridized carbons (Fsp3) is 0.765. The predicted molar refractivity (Wildman–Crippen MR) is 89.5 cm³/mol. The molecule has 1 unspecified atom stereocenters. The van der Waals surface area contributed by atoms with Crippen LogP contribution in [-0.4, -0.2) is 30.1 Å². The Morgan fingerprint density at radius 2 is 2.00 bits per heavy atom. The summed E-state index contributed by atoms with van der Waals surface area (Å²) in [7, 11) is 0. The van der Waals surface area contributed by atoms with Crippen LogP contribution >= 0.6 is 11.3 Å². The van der Waals surface area contributed by atoms with Gasteiger partial charge in [-0.15, -0.1) is 11.3 Å². The molecule has 1 aliphatic rings. The van der Waals surface area contributed by atoms with Gasteiger partial charge in [0.2, 0.25) is 0 Å². The average molecular weight is 295 g/mol. The number of rotatable bonds is 4. The summed E-state index contributed by atoms with van der Waals surface area (Å²) in [5.74, 6) is 0. The molecule has 0 radical (unpaired) electrons. The van der Waals surface area contributed by atoms with Crippen LogP contribution in [0.5, 0.6) is 0 Å². The summed E-state index contributed by atoms with van der Waals surface area (Å²) in [6.45, 7) is 17.3. The lowest BCUT2D eigenvalue weighted by Gasteiger charge is -2.40. The van der Waals surface area contributed by atoms with Crippen LogP contribution in [0.4, 0.5) is 0 Å². The second-order valence-electron chi connectivity index (χ2n) is 7.96. The lowest BCUT2D eigenvalue weighted by Crippen LogP contribution is -2.47. The van der Waals surface area contributed by atoms with E-state index in [2.05, 4.69) is 63.2 Å². The number of hydrogen-bond acceptors (Lipinski definition) is 3. The first-order chi connectivity index (χ1) is 9.18. The van der Waals surface area contributed by atoms with Crippen molar-refractivity contribution in [3.05, 3.63) is 21.9 Å². The van der Waals surface area contributed by atoms with Crippen molar-refractivity contribution in [3.63, 3.8) is 0 Å². The topological polar surface area (TPSA) is 15.3 Å². The van der Waals surface area contributed by atoms with Gasteiger partial charge in [-0.25, -0.2) is 0 Å². The first-order valence-corrected chi connectivity index (χ1v) is 8.61. The van der Waals surface area contributed by atoms with Crippen LogP contribution in [0.15, 0.2) is 11.4 Å². The molecule has 0 bridgehead atoms. The summed E-state index contributed by atoms with van der Waals surface area (Å²) in [6, 6.07) is 2.89. The normalized spacial score (nSPS) is 21.0. The van der Waals surface area contributed by atoms with E-state index in [1.807, 2.05) is 11.3 Å². The maximum atomic E-state index is 3.66. The summed E-state index contributed by atoms with van der Waals surface area (Å²) < 4.78 is 0. The van der Waals surface area contributed by atoms with E-state index in [4.69, 9.17) is 0 Å². The molecule has 20 heavy (non-hydrogen) atoms. The minimum atomic E-state index is 0.200. The van der Waals surface area contributed by atoms with Crippen molar-refractivity contribution >= 4 is 11.3 Å². The minimum absolute atomic E-state index is 0.200. The Hall–Kier alpha value is -0.380. The summed E-state index contributed by atoms with van der Waals surface area (Å²) in [5.41, 5.74) is 2.06. The highest BCUT2D eigenvalue weighted by Crippen LogP contribution is 2.34. The molecule has 0 spiro atoms. The third kappa shape index (κ3) is 4.06. The molecule has 0 saturated heterocycles. The number of hydrogen-bond donors (Lipinski definition) is 1. The van der Waals surface area contributed by atoms with Gasteiger partial charge < -0.3 is 5.32 Å². The van der Waals surface area contributed by atoms with E-state index >= 15 is 0 Å². The molecular weight excluding hydrogens is 264 g/mol. The van der Waals surface area contributed by atoms with Crippen LogP contribution in [0, 0.1) is 5.41 Å². The smallest absolute Gasteiger partial charge is 0.0331 e. The summed E-state index contributed by atoms with van der Waals surface area (Å²) in [6.07, 6.45) is 1.22. The summed E-state index contributed by atoms with van der Waals surface area (Å²) in [5, 5.41) is 5.90. The zero-order valence-corrected chi connectivity index (χ0v) is 14.7. The maximum absolute atomic E-state index is 3.66. The maximum Gasteiger partial charge on any atom is 0.0331 e. The Morgan fingerprint density at radius 1 is 1.30 bits per heavy atom. The van der Waals surface area contributed by atoms with E-state index in [0.717, 1.165) is 13.1 Å². The van der Waals surface area contributed by atoms with Gasteiger partial charge in [-0.05, 0) is 56.5 Å². The Balaban J connectivity index is 1.96. The number of nitrogens with one attached hydrogen (secondary N) is 1. The fourth-order valence-corrected chi connectivity index (χ4v) is 3.85. The number of fused-ring (bicyclic) bond motifs is 1. The van der Waals surface area contributed by atoms with Crippen molar-refractivity contribution < 1.29 is 0 Å². The van der Waals surface area contributed by atoms with E-state index in [1.54, 1.807) is 10.4 Å². The highest BCUT2D eigenvalue weighted by molar-refractivity contribution is 7.10. The van der Waals surface area contributed by atoms with Gasteiger partial charge in [0.25, 0.3) is 0 Å². The Bertz CT molecular complexity index is 442. The molecule has 1 N–H and O–H groups in total. The fourth-order valence-electron chi connectivity index (χ4n) is 2.89. The third-order valence-corrected chi connectivity index (χ3v) is 5.13. The van der Waals surface area contributed by atoms with Crippen LogP contribution in [0.1, 0.15) is 58.0 Å². The SMILES string of the molecule is CC1c2ccsc2CCN1CC(C)(C)CNC(C)(C)C. The van der Waals surface area contributed by atoms with Gasteiger partial charge in [-0.1, -0.05) is 13.8 Å². The monoisotopic (exact) mass is 294 g/mol. The van der Waals surface area contributed by atoms with Crippen LogP contribution in [0.2, 0.25) is 0 Å². The lowest BCUT2D eigenvalue weighted by atomic mass is 9.89. The predicted octanol–water partition coefficient (Wildman–Crippen LogP) is 4.08. The molecule has 2 rings (SSSR count). The van der Waals surface area contributed by atoms with Crippen LogP contribution in [0.3, 0.4) is 0 Å². The first kappa shape index (κ1) is 16.0. The molecular formula is C17H30N2S. The first-order valence-electron chi connectivity index (χ1n) is 7.73. The molecule has 0 fully saturated rings. The quantitative estimate of drug-likeness (QED) is 0.900. The molecule has 1 atom stereocenters. The molecule has 1 aromatic rings. The van der Waals surface area contributed by atoms with Crippen molar-refractivity contribution in [2.75, 3.05) is 19.6 Å². The van der Waals surface area contributed by atoms with Crippen LogP contribution < -0.4 is 5.32 Å². The second-order valence-corrected chi connectivity index (χ2v) is 8.96. The van der Waals surface area contributed by atoms with Crippen LogP contribution in [0.25, 0.3) is 0 Å². The van der Waals surface area contributed by atoms with Gasteiger partial charge in [0.05, 0.1) is 0 Å². The van der Waals surface area contributed by atoms with Crippen LogP contribution in [-0.2, 0) is 6.42 Å². The van der Waals surface area contributed by atoms with Gasteiger partial charge in [-0.3, -0.25) is 4.90 Å². The van der Waals surface area contributed by atoms with Crippen molar-refractivity contribution in [1.82, 2.24) is 10.2 Å². The van der Waals surface area contributed by atoms with Crippen molar-refractivity contribution in [2.45, 2.75) is 59.5 Å². The average Bonchev–Trinajstić information content (AvgIpc) is 2.79. The van der Waals surface area contributed by atoms with Crippen molar-refractivity contribution in [2.24, 2.45) is 5.41 Å². The van der Waals surface area contributed by atoms with E-state index in [-0.39, 0.29) is 5.54 Å². The molecule has 0 saturated carbocycles. The Kier molecular flexibility index (Phi) is 4.63. The molecule has 3 heteroatoms. The van der Waals surface area contributed by atoms with Gasteiger partial charge in [-0.2, -0.15) is 0 Å². The lowest BCUT2D eigenvalue weighted by molar-refractivity contribution is 0.123. The second kappa shape index (κ2) is 5.78. The molecule has 0 aromatic carbocycles. The van der Waals surface area contributed by atoms with E-state index in [0.29, 0.717) is 11.5 Å². The standard InChI is InChI=1S/C17H30N2S/c1-13-14-8-10-20-15(14)7-9-19(13)12-17(5,6)11-18-16(2,3)4/h8,10,13,18H,7,9,11-12H2,1-6H3. The summed E-state index contributed by atoms with van der Waals surface area (Å²) >= 11 is 1.92. The molecule has 0 aliphatic carbocycles. The van der Waals surface area contributed by atoms with E-state index in [9.17, 15) is 0 Å². The number of thiophene rings is 1. The summed E-state index contributed by atoms with van der Waals surface area (Å²) in [4.78, 5) is 4.25. The Morgan fingerprint density at radius 3 is 2.65 bits per heavy atom. The van der Waals surface area contributed by atoms with Gasteiger partial charge in [0, 0.05) is 36.1 Å². The third-order valence-electron chi connectivity index (χ3n) is 4.13. The zero-order valence-electron chi connectivity index (χ0n) is 13.9. The molecule has 2 nitrogen and oxygen atoms in total. The molecule has 114 valence electrons. The zero-order chi connectivity index (χ0) is 15.0. The highest BCUT2D eigenvalue weighted by atomic mass is 32.1. The molecule has 2 heterocycles. The molecule has 1 aliphatic heterocycles. The highest BCUT2D eigenvalue weighted by Gasteiger charge is 2.30. The van der Waals surface area contributed by atoms with Gasteiger partial charge in [0.15, 0.2) is 0 Å². The minimum Gasteiger partial charge on any atom is -0.311 e.